The molecular formula is C19H16N6O3S2. The number of aromatic amines is 2. The van der Waals surface area contributed by atoms with Crippen molar-refractivity contribution >= 4 is 46.7 Å². The number of imidazole rings is 1. The van der Waals surface area contributed by atoms with Crippen LogP contribution in [0, 0.1) is 18.6 Å². The van der Waals surface area contributed by atoms with Gasteiger partial charge >= 0.3 is 0 Å². The Morgan fingerprint density at radius 1 is 1.30 bits per heavy atom. The Morgan fingerprint density at radius 3 is 2.67 bits per heavy atom. The second kappa shape index (κ2) is 9.31. The van der Waals surface area contributed by atoms with Crippen molar-refractivity contribution in [3.63, 3.8) is 0 Å². The van der Waals surface area contributed by atoms with E-state index in [0.29, 0.717) is 28.0 Å². The van der Waals surface area contributed by atoms with E-state index in [9.17, 15) is 9.59 Å². The summed E-state index contributed by atoms with van der Waals surface area (Å²) in [4.78, 5) is 35.6. The van der Waals surface area contributed by atoms with Gasteiger partial charge in [0.05, 0.1) is 23.7 Å². The molecule has 0 saturated carbocycles. The summed E-state index contributed by atoms with van der Waals surface area (Å²) in [5, 5.41) is 5.93. The fourth-order valence-corrected chi connectivity index (χ4v) is 3.03. The highest BCUT2D eigenvalue weighted by molar-refractivity contribution is 7.78. The van der Waals surface area contributed by atoms with Crippen LogP contribution in [0.25, 0.3) is 11.2 Å². The minimum Gasteiger partial charge on any atom is -0.361 e. The topological polar surface area (TPSA) is 122 Å². The number of rotatable bonds is 3. The van der Waals surface area contributed by atoms with Gasteiger partial charge in [-0.25, -0.2) is 4.98 Å². The number of isothiocyanates is 1. The zero-order chi connectivity index (χ0) is 21.7. The van der Waals surface area contributed by atoms with E-state index in [4.69, 9.17) is 16.7 Å². The molecule has 0 bridgehead atoms. The van der Waals surface area contributed by atoms with Crippen LogP contribution in [0.15, 0.2) is 51.0 Å². The third kappa shape index (κ3) is 4.54. The van der Waals surface area contributed by atoms with Crippen molar-refractivity contribution in [1.82, 2.24) is 24.7 Å². The number of hydrogen-bond donors (Lipinski definition) is 2. The molecule has 0 saturated heterocycles. The van der Waals surface area contributed by atoms with Gasteiger partial charge in [0.1, 0.15) is 11.3 Å². The molecule has 0 atom stereocenters. The van der Waals surface area contributed by atoms with Gasteiger partial charge in [0.25, 0.3) is 11.5 Å². The van der Waals surface area contributed by atoms with E-state index in [2.05, 4.69) is 37.3 Å². The first-order valence-corrected chi connectivity index (χ1v) is 9.49. The van der Waals surface area contributed by atoms with Crippen molar-refractivity contribution in [3.05, 3.63) is 74.4 Å². The SMILES string of the molecule is Cc1noc(C)c1Cn1c(=S)[nH]c(=O)c2[nH]cnc21.O=C(N=C=S)c1ccccc1. The second-order valence-electron chi connectivity index (χ2n) is 6.12. The number of amides is 1. The summed E-state index contributed by atoms with van der Waals surface area (Å²) < 4.78 is 7.20. The number of thiocarbonyl (C=S) groups is 1. The van der Waals surface area contributed by atoms with Gasteiger partial charge in [-0.1, -0.05) is 23.4 Å². The summed E-state index contributed by atoms with van der Waals surface area (Å²) >= 11 is 9.49. The van der Waals surface area contributed by atoms with E-state index in [-0.39, 0.29) is 11.5 Å². The first kappa shape index (κ1) is 21.2. The molecule has 0 fully saturated rings. The second-order valence-corrected chi connectivity index (χ2v) is 6.69. The van der Waals surface area contributed by atoms with Gasteiger partial charge in [0, 0.05) is 11.1 Å². The maximum absolute atomic E-state index is 11.7. The molecule has 1 amide bonds. The molecule has 4 rings (SSSR count). The molecule has 30 heavy (non-hydrogen) atoms. The lowest BCUT2D eigenvalue weighted by atomic mass is 10.2. The van der Waals surface area contributed by atoms with E-state index in [1.165, 1.54) is 6.33 Å². The van der Waals surface area contributed by atoms with Crippen LogP contribution in [-0.2, 0) is 6.54 Å². The van der Waals surface area contributed by atoms with E-state index in [1.54, 1.807) is 28.8 Å². The average molecular weight is 441 g/mol. The minimum absolute atomic E-state index is 0.271. The number of benzene rings is 1. The van der Waals surface area contributed by atoms with E-state index in [1.807, 2.05) is 25.1 Å². The van der Waals surface area contributed by atoms with Crippen LogP contribution in [0.3, 0.4) is 0 Å². The van der Waals surface area contributed by atoms with Gasteiger partial charge in [-0.3, -0.25) is 19.1 Å². The fraction of sp³-hybridized carbons (Fsp3) is 0.158. The highest BCUT2D eigenvalue weighted by Gasteiger charge is 2.13. The van der Waals surface area contributed by atoms with E-state index in [0.717, 1.165) is 17.0 Å². The van der Waals surface area contributed by atoms with Crippen LogP contribution in [0.5, 0.6) is 0 Å². The molecule has 1 aromatic carbocycles. The molecule has 0 aliphatic rings. The lowest BCUT2D eigenvalue weighted by Crippen LogP contribution is -2.15. The van der Waals surface area contributed by atoms with Gasteiger partial charge < -0.3 is 9.51 Å². The molecule has 0 radical (unpaired) electrons. The maximum Gasteiger partial charge on any atom is 0.285 e. The normalized spacial score (nSPS) is 10.2. The lowest BCUT2D eigenvalue weighted by molar-refractivity contribution is 0.100. The lowest BCUT2D eigenvalue weighted by Gasteiger charge is -2.07. The molecular weight excluding hydrogens is 424 g/mol. The quantitative estimate of drug-likeness (QED) is 0.370. The number of carbonyl (C=O) groups excluding carboxylic acids is 1. The Kier molecular flexibility index (Phi) is 6.58. The molecule has 0 spiro atoms. The molecule has 0 unspecified atom stereocenters. The number of H-pyrrole nitrogens is 2. The van der Waals surface area contributed by atoms with Gasteiger partial charge in [0.15, 0.2) is 10.4 Å². The van der Waals surface area contributed by atoms with Gasteiger partial charge in [-0.05, 0) is 50.4 Å². The smallest absolute Gasteiger partial charge is 0.285 e. The van der Waals surface area contributed by atoms with Crippen molar-refractivity contribution in [2.75, 3.05) is 0 Å². The Balaban J connectivity index is 0.000000199. The Labute approximate surface area is 180 Å². The predicted octanol–water partition coefficient (Wildman–Crippen LogP) is 3.36. The molecule has 0 aliphatic carbocycles. The third-order valence-electron chi connectivity index (χ3n) is 4.23. The zero-order valence-electron chi connectivity index (χ0n) is 16.0. The number of carbonyl (C=O) groups is 1. The van der Waals surface area contributed by atoms with Crippen LogP contribution in [0.1, 0.15) is 27.4 Å². The first-order valence-electron chi connectivity index (χ1n) is 8.67. The van der Waals surface area contributed by atoms with Gasteiger partial charge in [-0.2, -0.15) is 4.99 Å². The van der Waals surface area contributed by atoms with Crippen LogP contribution < -0.4 is 5.56 Å². The summed E-state index contributed by atoms with van der Waals surface area (Å²) in [6.07, 6.45) is 1.47. The summed E-state index contributed by atoms with van der Waals surface area (Å²) in [6.45, 7) is 4.16. The molecule has 2 N–H and O–H groups in total. The van der Waals surface area contributed by atoms with Crippen LogP contribution in [0.4, 0.5) is 0 Å². The largest absolute Gasteiger partial charge is 0.361 e. The fourth-order valence-electron chi connectivity index (χ4n) is 2.70. The Hall–Kier alpha value is -3.53. The third-order valence-corrected chi connectivity index (χ3v) is 4.65. The molecule has 0 aliphatic heterocycles. The standard InChI is InChI=1S/C11H11N5O2S.C8H5NOS/c1-5-7(6(2)18-15-5)3-16-9-8(12-4-13-9)10(17)14-11(16)19;10-8(9-6-11)7-4-2-1-3-5-7/h4H,3H2,1-2H3,(H,12,13)(H,14,17,19);1-5H. The number of hydrogen-bond acceptors (Lipinski definition) is 7. The summed E-state index contributed by atoms with van der Waals surface area (Å²) in [6, 6.07) is 8.73. The minimum atomic E-state index is -0.347. The number of aryl methyl sites for hydroxylation is 2. The van der Waals surface area contributed by atoms with Crippen molar-refractivity contribution in [3.8, 4) is 0 Å². The van der Waals surface area contributed by atoms with Crippen molar-refractivity contribution < 1.29 is 9.32 Å². The summed E-state index contributed by atoms with van der Waals surface area (Å²) in [5.74, 6) is 0.384. The molecule has 11 heteroatoms. The number of fused-ring (bicyclic) bond motifs is 1. The average Bonchev–Trinajstić information content (AvgIpc) is 3.34. The van der Waals surface area contributed by atoms with Crippen molar-refractivity contribution in [1.29, 1.82) is 0 Å². The highest BCUT2D eigenvalue weighted by atomic mass is 32.1. The first-order chi connectivity index (χ1) is 14.4. The molecule has 3 aromatic heterocycles. The maximum atomic E-state index is 11.7. The Bertz CT molecular complexity index is 1340. The molecule has 4 aromatic rings. The highest BCUT2D eigenvalue weighted by Crippen LogP contribution is 2.16. The molecule has 3 heterocycles. The Morgan fingerprint density at radius 2 is 2.03 bits per heavy atom. The van der Waals surface area contributed by atoms with Crippen molar-refractivity contribution in [2.45, 2.75) is 20.4 Å². The zero-order valence-corrected chi connectivity index (χ0v) is 17.6. The van der Waals surface area contributed by atoms with Crippen molar-refractivity contribution in [2.24, 2.45) is 4.99 Å². The molecule has 152 valence electrons. The number of aliphatic imine (C=N–C) groups is 1. The van der Waals surface area contributed by atoms with Gasteiger partial charge in [0.2, 0.25) is 0 Å². The number of aromatic nitrogens is 5. The van der Waals surface area contributed by atoms with E-state index < -0.39 is 0 Å². The summed E-state index contributed by atoms with van der Waals surface area (Å²) in [5.41, 5.74) is 2.92. The predicted molar refractivity (Wildman–Crippen MR) is 116 cm³/mol. The van der Waals surface area contributed by atoms with Gasteiger partial charge in [-0.15, -0.1) is 0 Å². The molecule has 9 nitrogen and oxygen atoms in total. The van der Waals surface area contributed by atoms with Crippen LogP contribution >= 0.6 is 24.4 Å². The van der Waals surface area contributed by atoms with Crippen LogP contribution in [0.2, 0.25) is 0 Å². The summed E-state index contributed by atoms with van der Waals surface area (Å²) in [7, 11) is 0. The number of nitrogens with zero attached hydrogens (tertiary/aromatic N) is 4. The number of nitrogens with one attached hydrogen (secondary N) is 2. The monoisotopic (exact) mass is 440 g/mol. The van der Waals surface area contributed by atoms with E-state index >= 15 is 0 Å². The van der Waals surface area contributed by atoms with Crippen LogP contribution in [-0.4, -0.2) is 35.7 Å².